The maximum Gasteiger partial charge on any atom is 0.258 e. The summed E-state index contributed by atoms with van der Waals surface area (Å²) in [4.78, 5) is 18.2. The van der Waals surface area contributed by atoms with Crippen molar-refractivity contribution in [2.45, 2.75) is 11.6 Å². The van der Waals surface area contributed by atoms with E-state index in [1.165, 1.54) is 23.9 Å². The van der Waals surface area contributed by atoms with Crippen LogP contribution in [0.2, 0.25) is 0 Å². The first-order valence-electron chi connectivity index (χ1n) is 5.20. The lowest BCUT2D eigenvalue weighted by Crippen LogP contribution is -2.15. The molecule has 1 heterocycles. The highest BCUT2D eigenvalue weighted by Gasteiger charge is 2.11. The number of hydrogen-bond donors (Lipinski definition) is 2. The highest BCUT2D eigenvalue weighted by Crippen LogP contribution is 2.17. The van der Waals surface area contributed by atoms with Crippen LogP contribution in [0.25, 0.3) is 0 Å². The molecule has 6 heteroatoms. The van der Waals surface area contributed by atoms with Crippen LogP contribution in [0.5, 0.6) is 5.88 Å². The zero-order valence-electron chi connectivity index (χ0n) is 9.61. The van der Waals surface area contributed by atoms with Crippen molar-refractivity contribution < 1.29 is 9.50 Å². The van der Waals surface area contributed by atoms with Gasteiger partial charge in [-0.3, -0.25) is 4.79 Å². The largest absolute Gasteiger partial charge is 0.493 e. The molecule has 2 rings (SSSR count). The van der Waals surface area contributed by atoms with Crippen LogP contribution in [-0.2, 0) is 6.42 Å². The third-order valence-electron chi connectivity index (χ3n) is 2.46. The van der Waals surface area contributed by atoms with Crippen molar-refractivity contribution in [1.82, 2.24) is 9.97 Å². The Morgan fingerprint density at radius 1 is 1.39 bits per heavy atom. The number of nitrogens with one attached hydrogen (secondary N) is 1. The number of aromatic nitrogens is 2. The van der Waals surface area contributed by atoms with Gasteiger partial charge in [0.15, 0.2) is 5.16 Å². The average Bonchev–Trinajstić information content (AvgIpc) is 2.35. The topological polar surface area (TPSA) is 66.0 Å². The van der Waals surface area contributed by atoms with Gasteiger partial charge in [-0.15, -0.1) is 0 Å². The molecule has 0 unspecified atom stereocenters. The van der Waals surface area contributed by atoms with E-state index in [9.17, 15) is 14.3 Å². The van der Waals surface area contributed by atoms with Crippen LogP contribution in [-0.4, -0.2) is 21.3 Å². The summed E-state index contributed by atoms with van der Waals surface area (Å²) in [6.45, 7) is 0. The van der Waals surface area contributed by atoms with E-state index in [1.54, 1.807) is 18.4 Å². The summed E-state index contributed by atoms with van der Waals surface area (Å²) < 4.78 is 12.8. The Labute approximate surface area is 107 Å². The fraction of sp³-hybridized carbons (Fsp3) is 0.167. The molecule has 0 saturated carbocycles. The van der Waals surface area contributed by atoms with Gasteiger partial charge in [-0.25, -0.2) is 4.39 Å². The minimum Gasteiger partial charge on any atom is -0.493 e. The predicted molar refractivity (Wildman–Crippen MR) is 67.5 cm³/mol. The zero-order chi connectivity index (χ0) is 13.1. The number of nitrogens with zero attached hydrogens (tertiary/aromatic N) is 1. The van der Waals surface area contributed by atoms with Crippen molar-refractivity contribution in [2.24, 2.45) is 0 Å². The molecule has 0 atom stereocenters. The van der Waals surface area contributed by atoms with E-state index in [0.717, 1.165) is 5.56 Å². The molecular weight excluding hydrogens is 255 g/mol. The van der Waals surface area contributed by atoms with Crippen LogP contribution in [0.15, 0.2) is 34.2 Å². The minimum absolute atomic E-state index is 0.180. The molecule has 4 nitrogen and oxygen atoms in total. The van der Waals surface area contributed by atoms with E-state index in [1.807, 2.05) is 0 Å². The van der Waals surface area contributed by atoms with Gasteiger partial charge in [-0.1, -0.05) is 23.9 Å². The Kier molecular flexibility index (Phi) is 3.66. The van der Waals surface area contributed by atoms with E-state index < -0.39 is 0 Å². The van der Waals surface area contributed by atoms with Gasteiger partial charge in [0.1, 0.15) is 5.82 Å². The monoisotopic (exact) mass is 266 g/mol. The van der Waals surface area contributed by atoms with Crippen LogP contribution >= 0.6 is 11.8 Å². The van der Waals surface area contributed by atoms with Crippen molar-refractivity contribution in [2.75, 3.05) is 6.26 Å². The first kappa shape index (κ1) is 12.6. The highest BCUT2D eigenvalue weighted by molar-refractivity contribution is 7.98. The van der Waals surface area contributed by atoms with E-state index >= 15 is 0 Å². The van der Waals surface area contributed by atoms with Crippen LogP contribution in [0, 0.1) is 5.82 Å². The maximum atomic E-state index is 12.8. The van der Waals surface area contributed by atoms with Crippen molar-refractivity contribution in [3.63, 3.8) is 0 Å². The summed E-state index contributed by atoms with van der Waals surface area (Å²) in [5.74, 6) is -0.625. The standard InChI is InChI=1S/C12H11FN2O2S/c1-18-12-14-10(16)9(11(17)15-12)6-7-2-4-8(13)5-3-7/h2-5H,6H2,1H3,(H2,14,15,16,17). The Hall–Kier alpha value is -1.82. The number of rotatable bonds is 3. The summed E-state index contributed by atoms with van der Waals surface area (Å²) in [7, 11) is 0. The van der Waals surface area contributed by atoms with Crippen LogP contribution in [0.1, 0.15) is 11.1 Å². The molecule has 0 aliphatic carbocycles. The molecule has 0 spiro atoms. The van der Waals surface area contributed by atoms with Crippen LogP contribution in [0.4, 0.5) is 4.39 Å². The van der Waals surface area contributed by atoms with Gasteiger partial charge < -0.3 is 10.1 Å². The second-order valence-electron chi connectivity index (χ2n) is 3.68. The summed E-state index contributed by atoms with van der Waals surface area (Å²) in [6, 6.07) is 5.75. The van der Waals surface area contributed by atoms with Gasteiger partial charge in [-0.05, 0) is 24.0 Å². The van der Waals surface area contributed by atoms with Gasteiger partial charge in [-0.2, -0.15) is 4.98 Å². The molecule has 0 amide bonds. The van der Waals surface area contributed by atoms with Gasteiger partial charge in [0.2, 0.25) is 5.88 Å². The van der Waals surface area contributed by atoms with Crippen molar-refractivity contribution in [3.8, 4) is 5.88 Å². The molecule has 2 N–H and O–H groups in total. The molecule has 0 aliphatic heterocycles. The van der Waals surface area contributed by atoms with Gasteiger partial charge in [0.25, 0.3) is 5.56 Å². The third kappa shape index (κ3) is 2.70. The van der Waals surface area contributed by atoms with E-state index in [4.69, 9.17) is 0 Å². The molecule has 18 heavy (non-hydrogen) atoms. The maximum absolute atomic E-state index is 12.8. The average molecular weight is 266 g/mol. The second kappa shape index (κ2) is 5.22. The Balaban J connectivity index is 2.35. The van der Waals surface area contributed by atoms with Crippen molar-refractivity contribution in [3.05, 3.63) is 51.6 Å². The number of hydrogen-bond acceptors (Lipinski definition) is 4. The smallest absolute Gasteiger partial charge is 0.258 e. The number of aromatic amines is 1. The third-order valence-corrected chi connectivity index (χ3v) is 3.04. The Morgan fingerprint density at radius 2 is 2.06 bits per heavy atom. The number of aromatic hydroxyl groups is 1. The van der Waals surface area contributed by atoms with Crippen LogP contribution < -0.4 is 5.56 Å². The highest BCUT2D eigenvalue weighted by atomic mass is 32.2. The lowest BCUT2D eigenvalue weighted by Gasteiger charge is -2.04. The molecule has 0 radical (unpaired) electrons. The molecule has 0 aliphatic rings. The molecule has 0 bridgehead atoms. The lowest BCUT2D eigenvalue weighted by atomic mass is 10.1. The predicted octanol–water partition coefficient (Wildman–Crippen LogP) is 1.93. The second-order valence-corrected chi connectivity index (χ2v) is 4.48. The molecule has 0 saturated heterocycles. The van der Waals surface area contributed by atoms with Crippen molar-refractivity contribution in [1.29, 1.82) is 0 Å². The molecule has 1 aromatic heterocycles. The quantitative estimate of drug-likeness (QED) is 0.658. The van der Waals surface area contributed by atoms with E-state index in [-0.39, 0.29) is 29.2 Å². The van der Waals surface area contributed by atoms with Gasteiger partial charge in [0.05, 0.1) is 5.56 Å². The number of halogens is 1. The first-order valence-corrected chi connectivity index (χ1v) is 6.43. The lowest BCUT2D eigenvalue weighted by molar-refractivity contribution is 0.437. The normalized spacial score (nSPS) is 10.6. The fourth-order valence-electron chi connectivity index (χ4n) is 1.53. The first-order chi connectivity index (χ1) is 8.60. The van der Waals surface area contributed by atoms with E-state index in [0.29, 0.717) is 5.16 Å². The number of thioether (sulfide) groups is 1. The van der Waals surface area contributed by atoms with Gasteiger partial charge >= 0.3 is 0 Å². The molecule has 2 aromatic rings. The molecule has 0 fully saturated rings. The SMILES string of the molecule is CSc1nc(O)c(Cc2ccc(F)cc2)c(=O)[nH]1. The number of H-pyrrole nitrogens is 1. The van der Waals surface area contributed by atoms with E-state index in [2.05, 4.69) is 9.97 Å². The Morgan fingerprint density at radius 3 is 2.61 bits per heavy atom. The summed E-state index contributed by atoms with van der Waals surface area (Å²) in [6.07, 6.45) is 1.96. The zero-order valence-corrected chi connectivity index (χ0v) is 10.4. The fourth-order valence-corrected chi connectivity index (χ4v) is 1.90. The molecule has 94 valence electrons. The Bertz CT molecular complexity index is 610. The summed E-state index contributed by atoms with van der Waals surface area (Å²) >= 11 is 1.24. The van der Waals surface area contributed by atoms with Crippen LogP contribution in [0.3, 0.4) is 0 Å². The minimum atomic E-state index is -0.379. The van der Waals surface area contributed by atoms with Gasteiger partial charge in [0, 0.05) is 6.42 Å². The summed E-state index contributed by atoms with van der Waals surface area (Å²) in [5, 5.41) is 10.1. The molecular formula is C12H11FN2O2S. The molecule has 1 aromatic carbocycles. The number of benzene rings is 1. The van der Waals surface area contributed by atoms with Crippen molar-refractivity contribution >= 4 is 11.8 Å². The summed E-state index contributed by atoms with van der Waals surface area (Å²) in [5.41, 5.74) is 0.534.